The van der Waals surface area contributed by atoms with E-state index in [-0.39, 0.29) is 5.56 Å². The first-order chi connectivity index (χ1) is 13.1. The summed E-state index contributed by atoms with van der Waals surface area (Å²) in [5, 5.41) is 4.79. The number of pyridine rings is 1. The number of nitrogens with one attached hydrogen (secondary N) is 3. The first-order valence-corrected chi connectivity index (χ1v) is 9.98. The second-order valence-electron chi connectivity index (χ2n) is 7.16. The van der Waals surface area contributed by atoms with Gasteiger partial charge in [0.25, 0.3) is 5.56 Å². The Morgan fingerprint density at radius 3 is 2.85 bits per heavy atom. The van der Waals surface area contributed by atoms with Crippen molar-refractivity contribution in [3.63, 3.8) is 0 Å². The highest BCUT2D eigenvalue weighted by molar-refractivity contribution is 7.80. The zero-order valence-corrected chi connectivity index (χ0v) is 17.0. The summed E-state index contributed by atoms with van der Waals surface area (Å²) >= 11 is 5.48. The van der Waals surface area contributed by atoms with E-state index in [2.05, 4.69) is 28.2 Å². The predicted molar refractivity (Wildman–Crippen MR) is 112 cm³/mol. The van der Waals surface area contributed by atoms with Crippen LogP contribution in [-0.2, 0) is 11.3 Å². The van der Waals surface area contributed by atoms with E-state index >= 15 is 0 Å². The second-order valence-corrected chi connectivity index (χ2v) is 7.54. The molecule has 0 saturated carbocycles. The van der Waals surface area contributed by atoms with E-state index in [1.165, 1.54) is 5.56 Å². The number of aromatic nitrogens is 1. The number of hydrogen-bond acceptors (Lipinski definition) is 3. The Balaban J connectivity index is 1.70. The molecule has 0 amide bonds. The summed E-state index contributed by atoms with van der Waals surface area (Å²) in [5.74, 6) is 0. The van der Waals surface area contributed by atoms with Gasteiger partial charge in [-0.05, 0) is 42.7 Å². The Morgan fingerprint density at radius 1 is 1.33 bits per heavy atom. The molecule has 2 aromatic rings. The average Bonchev–Trinajstić information content (AvgIpc) is 2.68. The zero-order chi connectivity index (χ0) is 19.2. The Labute approximate surface area is 165 Å². The van der Waals surface area contributed by atoms with Gasteiger partial charge in [-0.2, -0.15) is 0 Å². The first kappa shape index (κ1) is 19.8. The van der Waals surface area contributed by atoms with Gasteiger partial charge in [-0.25, -0.2) is 0 Å². The summed E-state index contributed by atoms with van der Waals surface area (Å²) in [5.41, 5.74) is 2.74. The van der Waals surface area contributed by atoms with Crippen LogP contribution < -0.4 is 15.8 Å². The van der Waals surface area contributed by atoms with Gasteiger partial charge in [0.2, 0.25) is 0 Å². The molecule has 6 nitrogen and oxygen atoms in total. The highest BCUT2D eigenvalue weighted by atomic mass is 32.1. The molecule has 0 spiro atoms. The molecule has 7 heteroatoms. The molecular formula is C20H29N4O2S+. The minimum Gasteiger partial charge on any atom is -0.370 e. The molecule has 0 atom stereocenters. The van der Waals surface area contributed by atoms with Gasteiger partial charge < -0.3 is 24.8 Å². The van der Waals surface area contributed by atoms with Gasteiger partial charge >= 0.3 is 0 Å². The molecule has 3 N–H and O–H groups in total. The fourth-order valence-electron chi connectivity index (χ4n) is 3.53. The Hall–Kier alpha value is -1.96. The van der Waals surface area contributed by atoms with Crippen molar-refractivity contribution in [3.05, 3.63) is 45.7 Å². The highest BCUT2D eigenvalue weighted by Gasteiger charge is 2.16. The van der Waals surface area contributed by atoms with Crippen molar-refractivity contribution >= 4 is 28.2 Å². The number of nitrogens with zero attached hydrogens (tertiary/aromatic N) is 1. The Kier molecular flexibility index (Phi) is 6.82. The van der Waals surface area contributed by atoms with Crippen molar-refractivity contribution in [2.75, 3.05) is 46.4 Å². The van der Waals surface area contributed by atoms with E-state index in [1.54, 1.807) is 4.90 Å². The quantitative estimate of drug-likeness (QED) is 0.626. The van der Waals surface area contributed by atoms with Crippen LogP contribution in [0, 0.1) is 6.92 Å². The number of rotatable bonds is 6. The lowest BCUT2D eigenvalue weighted by molar-refractivity contribution is -0.908. The third-order valence-electron chi connectivity index (χ3n) is 5.10. The summed E-state index contributed by atoms with van der Waals surface area (Å²) in [6.07, 6.45) is 1.03. The third-order valence-corrected chi connectivity index (χ3v) is 5.56. The molecule has 1 aliphatic heterocycles. The number of quaternary nitrogens is 1. The number of morpholine rings is 1. The monoisotopic (exact) mass is 389 g/mol. The zero-order valence-electron chi connectivity index (χ0n) is 16.1. The van der Waals surface area contributed by atoms with Crippen LogP contribution in [0.2, 0.25) is 0 Å². The van der Waals surface area contributed by atoms with Crippen LogP contribution in [0.25, 0.3) is 10.9 Å². The Bertz CT molecular complexity index is 845. The number of H-pyrrole nitrogens is 1. The van der Waals surface area contributed by atoms with Crippen LogP contribution in [0.3, 0.4) is 0 Å². The molecule has 1 fully saturated rings. The predicted octanol–water partition coefficient (Wildman–Crippen LogP) is 0.448. The molecule has 146 valence electrons. The minimum absolute atomic E-state index is 0.0472. The molecule has 0 aliphatic carbocycles. The van der Waals surface area contributed by atoms with Crippen molar-refractivity contribution in [2.45, 2.75) is 19.9 Å². The van der Waals surface area contributed by atoms with Crippen LogP contribution in [0.15, 0.2) is 29.1 Å². The summed E-state index contributed by atoms with van der Waals surface area (Å²) < 4.78 is 5.42. The van der Waals surface area contributed by atoms with Crippen molar-refractivity contribution in [3.8, 4) is 0 Å². The topological polar surface area (TPSA) is 61.8 Å². The number of fused-ring (bicyclic) bond motifs is 1. The van der Waals surface area contributed by atoms with Gasteiger partial charge in [0, 0.05) is 31.1 Å². The molecule has 27 heavy (non-hydrogen) atoms. The molecule has 0 unspecified atom stereocenters. The van der Waals surface area contributed by atoms with Gasteiger partial charge in [-0.15, -0.1) is 0 Å². The molecule has 3 rings (SSSR count). The molecule has 2 heterocycles. The fraction of sp³-hybridized carbons (Fsp3) is 0.500. The van der Waals surface area contributed by atoms with Crippen LogP contribution in [-0.4, -0.2) is 61.4 Å². The summed E-state index contributed by atoms with van der Waals surface area (Å²) in [6.45, 7) is 8.33. The molecule has 1 aliphatic rings. The smallest absolute Gasteiger partial charge is 0.253 e. The van der Waals surface area contributed by atoms with Crippen LogP contribution >= 0.6 is 12.2 Å². The first-order valence-electron chi connectivity index (χ1n) is 9.57. The lowest BCUT2D eigenvalue weighted by Crippen LogP contribution is -3.14. The maximum atomic E-state index is 12.5. The van der Waals surface area contributed by atoms with Gasteiger partial charge in [0.05, 0.1) is 26.3 Å². The minimum atomic E-state index is -0.0472. The second kappa shape index (κ2) is 9.30. The number of hydrogen-bond donors (Lipinski definition) is 3. The highest BCUT2D eigenvalue weighted by Crippen LogP contribution is 2.14. The van der Waals surface area contributed by atoms with Gasteiger partial charge in [0.1, 0.15) is 13.1 Å². The molecular weight excluding hydrogens is 360 g/mol. The van der Waals surface area contributed by atoms with E-state index in [0.717, 1.165) is 62.3 Å². The van der Waals surface area contributed by atoms with Gasteiger partial charge in [0.15, 0.2) is 5.11 Å². The summed E-state index contributed by atoms with van der Waals surface area (Å²) in [4.78, 5) is 19.2. The van der Waals surface area contributed by atoms with Crippen LogP contribution in [0.1, 0.15) is 17.5 Å². The largest absolute Gasteiger partial charge is 0.370 e. The molecule has 0 radical (unpaired) electrons. The van der Waals surface area contributed by atoms with E-state index in [9.17, 15) is 4.79 Å². The molecule has 1 saturated heterocycles. The van der Waals surface area contributed by atoms with Crippen LogP contribution in [0.5, 0.6) is 0 Å². The summed E-state index contributed by atoms with van der Waals surface area (Å²) in [7, 11) is 1.83. The van der Waals surface area contributed by atoms with Gasteiger partial charge in [-0.3, -0.25) is 4.79 Å². The maximum Gasteiger partial charge on any atom is 0.253 e. The maximum absolute atomic E-state index is 12.5. The average molecular weight is 390 g/mol. The van der Waals surface area contributed by atoms with E-state index < -0.39 is 0 Å². The van der Waals surface area contributed by atoms with E-state index in [1.807, 2.05) is 25.2 Å². The summed E-state index contributed by atoms with van der Waals surface area (Å²) in [6, 6.07) is 8.04. The lowest BCUT2D eigenvalue weighted by atomic mass is 10.1. The fourth-order valence-corrected chi connectivity index (χ4v) is 3.69. The van der Waals surface area contributed by atoms with E-state index in [4.69, 9.17) is 17.0 Å². The molecule has 1 aromatic heterocycles. The molecule has 0 bridgehead atoms. The van der Waals surface area contributed by atoms with Crippen molar-refractivity contribution in [1.82, 2.24) is 15.2 Å². The van der Waals surface area contributed by atoms with Gasteiger partial charge in [-0.1, -0.05) is 11.6 Å². The van der Waals surface area contributed by atoms with Crippen molar-refractivity contribution < 1.29 is 9.64 Å². The SMILES string of the molecule is CNC(=S)N(CCC[NH+]1CCOCC1)Cc1cc2cc(C)ccc2[nH]c1=O. The number of ether oxygens (including phenoxy) is 1. The number of benzene rings is 1. The Morgan fingerprint density at radius 2 is 2.11 bits per heavy atom. The number of thiocarbonyl (C=S) groups is 1. The molecule has 1 aromatic carbocycles. The third kappa shape index (κ3) is 5.28. The number of aryl methyl sites for hydroxylation is 1. The standard InChI is InChI=1S/C20H28N4O2S/c1-15-4-5-18-16(12-15)13-17(19(25)22-18)14-24(20(27)21-2)7-3-6-23-8-10-26-11-9-23/h4-5,12-13H,3,6-11,14H2,1-2H3,(H,21,27)(H,22,25)/p+1. The van der Waals surface area contributed by atoms with E-state index in [0.29, 0.717) is 11.7 Å². The van der Waals surface area contributed by atoms with Crippen LogP contribution in [0.4, 0.5) is 0 Å². The van der Waals surface area contributed by atoms with Crippen molar-refractivity contribution in [2.24, 2.45) is 0 Å². The number of aromatic amines is 1. The normalized spacial score (nSPS) is 15.0. The lowest BCUT2D eigenvalue weighted by Gasteiger charge is -2.27. The van der Waals surface area contributed by atoms with Crippen molar-refractivity contribution in [1.29, 1.82) is 0 Å².